The van der Waals surface area contributed by atoms with Crippen molar-refractivity contribution in [2.45, 2.75) is 26.8 Å². The van der Waals surface area contributed by atoms with E-state index in [1.54, 1.807) is 0 Å². The molecule has 1 fully saturated rings. The van der Waals surface area contributed by atoms with Crippen molar-refractivity contribution in [3.63, 3.8) is 0 Å². The lowest BCUT2D eigenvalue weighted by Gasteiger charge is -2.18. The van der Waals surface area contributed by atoms with E-state index >= 15 is 0 Å². The van der Waals surface area contributed by atoms with Crippen molar-refractivity contribution in [2.24, 2.45) is 11.8 Å². The van der Waals surface area contributed by atoms with Crippen molar-refractivity contribution < 1.29 is 14.3 Å². The SMILES string of the molecule is CC(C)C1CCN(Cc2cc(F)cc(/C=C/C(=O)O)c2)C1. The Morgan fingerprint density at radius 3 is 2.86 bits per heavy atom. The third-order valence-electron chi connectivity index (χ3n) is 4.06. The van der Waals surface area contributed by atoms with Crippen LogP contribution in [0, 0.1) is 17.7 Å². The molecule has 114 valence electrons. The Labute approximate surface area is 125 Å². The van der Waals surface area contributed by atoms with Gasteiger partial charge >= 0.3 is 5.97 Å². The van der Waals surface area contributed by atoms with Crippen LogP contribution < -0.4 is 0 Å². The molecule has 1 atom stereocenters. The van der Waals surface area contributed by atoms with E-state index in [0.29, 0.717) is 17.4 Å². The van der Waals surface area contributed by atoms with Crippen LogP contribution in [0.3, 0.4) is 0 Å². The van der Waals surface area contributed by atoms with E-state index in [1.165, 1.54) is 24.6 Å². The summed E-state index contributed by atoms with van der Waals surface area (Å²) in [6, 6.07) is 4.73. The smallest absolute Gasteiger partial charge is 0.328 e. The molecule has 0 radical (unpaired) electrons. The van der Waals surface area contributed by atoms with Crippen LogP contribution in [0.1, 0.15) is 31.4 Å². The number of benzene rings is 1. The molecular formula is C17H22FNO2. The van der Waals surface area contributed by atoms with Crippen LogP contribution in [0.25, 0.3) is 6.08 Å². The fraction of sp³-hybridized carbons (Fsp3) is 0.471. The van der Waals surface area contributed by atoms with Crippen molar-refractivity contribution in [3.8, 4) is 0 Å². The Balaban J connectivity index is 2.05. The number of likely N-dealkylation sites (tertiary alicyclic amines) is 1. The summed E-state index contributed by atoms with van der Waals surface area (Å²) in [5.41, 5.74) is 1.48. The van der Waals surface area contributed by atoms with E-state index in [1.807, 2.05) is 6.07 Å². The molecule has 0 saturated carbocycles. The van der Waals surface area contributed by atoms with Gasteiger partial charge in [0.05, 0.1) is 0 Å². The highest BCUT2D eigenvalue weighted by Gasteiger charge is 2.24. The van der Waals surface area contributed by atoms with Crippen LogP contribution in [0.2, 0.25) is 0 Å². The zero-order chi connectivity index (χ0) is 15.4. The molecule has 1 aromatic carbocycles. The first kappa shape index (κ1) is 15.7. The fourth-order valence-electron chi connectivity index (χ4n) is 2.84. The molecule has 1 aliphatic rings. The molecule has 1 unspecified atom stereocenters. The third kappa shape index (κ3) is 4.67. The lowest BCUT2D eigenvalue weighted by molar-refractivity contribution is -0.131. The predicted octanol–water partition coefficient (Wildman–Crippen LogP) is 3.40. The van der Waals surface area contributed by atoms with E-state index < -0.39 is 5.97 Å². The largest absolute Gasteiger partial charge is 0.478 e. The number of rotatable bonds is 5. The Morgan fingerprint density at radius 1 is 1.48 bits per heavy atom. The summed E-state index contributed by atoms with van der Waals surface area (Å²) < 4.78 is 13.6. The Bertz CT molecular complexity index is 540. The van der Waals surface area contributed by atoms with Gasteiger partial charge in [-0.15, -0.1) is 0 Å². The number of carboxylic acids is 1. The molecule has 1 saturated heterocycles. The monoisotopic (exact) mass is 291 g/mol. The van der Waals surface area contributed by atoms with Gasteiger partial charge in [-0.1, -0.05) is 19.9 Å². The summed E-state index contributed by atoms with van der Waals surface area (Å²) in [6.07, 6.45) is 3.65. The van der Waals surface area contributed by atoms with Crippen molar-refractivity contribution in [1.82, 2.24) is 4.90 Å². The molecular weight excluding hydrogens is 269 g/mol. The van der Waals surface area contributed by atoms with Crippen LogP contribution in [0.5, 0.6) is 0 Å². The first-order valence-electron chi connectivity index (χ1n) is 7.37. The van der Waals surface area contributed by atoms with Gasteiger partial charge in [0.2, 0.25) is 0 Å². The van der Waals surface area contributed by atoms with Crippen molar-refractivity contribution >= 4 is 12.0 Å². The molecule has 4 heteroatoms. The standard InChI is InChI=1S/C17H22FNO2/c1-12(2)15-5-6-19(11-15)10-14-7-13(3-4-17(20)21)8-16(18)9-14/h3-4,7-9,12,15H,5-6,10-11H2,1-2H3,(H,20,21)/b4-3+. The average molecular weight is 291 g/mol. The maximum atomic E-state index is 13.6. The van der Waals surface area contributed by atoms with Crippen LogP contribution in [0.15, 0.2) is 24.3 Å². The number of hydrogen-bond donors (Lipinski definition) is 1. The topological polar surface area (TPSA) is 40.5 Å². The minimum absolute atomic E-state index is 0.322. The van der Waals surface area contributed by atoms with E-state index in [-0.39, 0.29) is 5.82 Å². The van der Waals surface area contributed by atoms with E-state index in [4.69, 9.17) is 5.11 Å². The summed E-state index contributed by atoms with van der Waals surface area (Å²) in [5.74, 6) is 0.0405. The maximum absolute atomic E-state index is 13.6. The number of carbonyl (C=O) groups is 1. The zero-order valence-corrected chi connectivity index (χ0v) is 12.6. The minimum atomic E-state index is -1.03. The molecule has 2 rings (SSSR count). The Kier molecular flexibility index (Phi) is 5.12. The normalized spacial score (nSPS) is 19.7. The summed E-state index contributed by atoms with van der Waals surface area (Å²) in [4.78, 5) is 12.9. The second-order valence-corrected chi connectivity index (χ2v) is 6.09. The predicted molar refractivity (Wildman–Crippen MR) is 81.3 cm³/mol. The highest BCUT2D eigenvalue weighted by molar-refractivity contribution is 5.85. The van der Waals surface area contributed by atoms with Crippen molar-refractivity contribution in [1.29, 1.82) is 0 Å². The quantitative estimate of drug-likeness (QED) is 0.845. The van der Waals surface area contributed by atoms with Gasteiger partial charge in [0, 0.05) is 19.2 Å². The fourth-order valence-corrected chi connectivity index (χ4v) is 2.84. The second-order valence-electron chi connectivity index (χ2n) is 6.09. The van der Waals surface area contributed by atoms with Crippen LogP contribution in [-0.2, 0) is 11.3 Å². The third-order valence-corrected chi connectivity index (χ3v) is 4.06. The van der Waals surface area contributed by atoms with Crippen LogP contribution >= 0.6 is 0 Å². The van der Waals surface area contributed by atoms with E-state index in [0.717, 1.165) is 31.3 Å². The van der Waals surface area contributed by atoms with Crippen molar-refractivity contribution in [2.75, 3.05) is 13.1 Å². The molecule has 1 N–H and O–H groups in total. The Hall–Kier alpha value is -1.68. The van der Waals surface area contributed by atoms with Gasteiger partial charge in [-0.3, -0.25) is 4.90 Å². The highest BCUT2D eigenvalue weighted by atomic mass is 19.1. The molecule has 1 aliphatic heterocycles. The summed E-state index contributed by atoms with van der Waals surface area (Å²) in [5, 5.41) is 8.64. The molecule has 0 aliphatic carbocycles. The van der Waals surface area contributed by atoms with Gasteiger partial charge in [0.15, 0.2) is 0 Å². The highest BCUT2D eigenvalue weighted by Crippen LogP contribution is 2.25. The minimum Gasteiger partial charge on any atom is -0.478 e. The maximum Gasteiger partial charge on any atom is 0.328 e. The molecule has 3 nitrogen and oxygen atoms in total. The lowest BCUT2D eigenvalue weighted by atomic mass is 9.95. The molecule has 0 aromatic heterocycles. The molecule has 1 aromatic rings. The summed E-state index contributed by atoms with van der Waals surface area (Å²) in [6.45, 7) is 7.29. The number of aliphatic carboxylic acids is 1. The van der Waals surface area contributed by atoms with Gasteiger partial charge < -0.3 is 5.11 Å². The average Bonchev–Trinajstić information content (AvgIpc) is 2.84. The summed E-state index contributed by atoms with van der Waals surface area (Å²) >= 11 is 0. The number of nitrogens with zero attached hydrogens (tertiary/aromatic N) is 1. The Morgan fingerprint density at radius 2 is 2.24 bits per heavy atom. The van der Waals surface area contributed by atoms with Gasteiger partial charge in [0.1, 0.15) is 5.82 Å². The molecule has 0 spiro atoms. The van der Waals surface area contributed by atoms with Gasteiger partial charge in [0.25, 0.3) is 0 Å². The molecule has 1 heterocycles. The van der Waals surface area contributed by atoms with Crippen LogP contribution in [-0.4, -0.2) is 29.1 Å². The van der Waals surface area contributed by atoms with Gasteiger partial charge in [-0.05, 0) is 54.1 Å². The number of carboxylic acid groups (broad SMARTS) is 1. The van der Waals surface area contributed by atoms with Gasteiger partial charge in [-0.2, -0.15) is 0 Å². The van der Waals surface area contributed by atoms with Gasteiger partial charge in [-0.25, -0.2) is 9.18 Å². The van der Waals surface area contributed by atoms with E-state index in [9.17, 15) is 9.18 Å². The van der Waals surface area contributed by atoms with Crippen LogP contribution in [0.4, 0.5) is 4.39 Å². The van der Waals surface area contributed by atoms with E-state index in [2.05, 4.69) is 18.7 Å². The second kappa shape index (κ2) is 6.85. The zero-order valence-electron chi connectivity index (χ0n) is 12.6. The first-order valence-corrected chi connectivity index (χ1v) is 7.37. The lowest BCUT2D eigenvalue weighted by Crippen LogP contribution is -2.21. The summed E-state index contributed by atoms with van der Waals surface area (Å²) in [7, 11) is 0. The number of hydrogen-bond acceptors (Lipinski definition) is 2. The molecule has 0 bridgehead atoms. The molecule has 0 amide bonds. The number of halogens is 1. The van der Waals surface area contributed by atoms with Crippen molar-refractivity contribution in [3.05, 3.63) is 41.2 Å². The first-order chi connectivity index (χ1) is 9.94. The molecule has 21 heavy (non-hydrogen) atoms.